The zero-order chi connectivity index (χ0) is 15.0. The maximum absolute atomic E-state index is 13.5. The first-order valence-electron chi connectivity index (χ1n) is 6.24. The predicted molar refractivity (Wildman–Crippen MR) is 83.6 cm³/mol. The van der Waals surface area contributed by atoms with Crippen LogP contribution in [0.5, 0.6) is 0 Å². The summed E-state index contributed by atoms with van der Waals surface area (Å²) >= 11 is 3.19. The van der Waals surface area contributed by atoms with Crippen LogP contribution in [0.25, 0.3) is 10.9 Å². The van der Waals surface area contributed by atoms with Gasteiger partial charge < -0.3 is 5.73 Å². The Kier molecular flexibility index (Phi) is 3.47. The maximum Gasteiger partial charge on any atom is 0.261 e. The van der Waals surface area contributed by atoms with Gasteiger partial charge in [0.05, 0.1) is 28.2 Å². The molecular formula is C15H11BrFN3O. The lowest BCUT2D eigenvalue weighted by molar-refractivity contribution is 0.614. The summed E-state index contributed by atoms with van der Waals surface area (Å²) in [6.07, 6.45) is 1.46. The van der Waals surface area contributed by atoms with Gasteiger partial charge >= 0.3 is 0 Å². The molecule has 2 N–H and O–H groups in total. The topological polar surface area (TPSA) is 60.9 Å². The van der Waals surface area contributed by atoms with Crippen molar-refractivity contribution in [3.63, 3.8) is 0 Å². The molecule has 1 heterocycles. The Labute approximate surface area is 128 Å². The number of halogens is 2. The number of nitrogen functional groups attached to an aromatic ring is 1. The molecule has 4 nitrogen and oxygen atoms in total. The van der Waals surface area contributed by atoms with Gasteiger partial charge in [-0.2, -0.15) is 0 Å². The fourth-order valence-corrected chi connectivity index (χ4v) is 2.53. The third kappa shape index (κ3) is 2.54. The summed E-state index contributed by atoms with van der Waals surface area (Å²) in [5.41, 5.74) is 7.26. The Morgan fingerprint density at radius 3 is 2.90 bits per heavy atom. The van der Waals surface area contributed by atoms with Crippen LogP contribution in [0.2, 0.25) is 0 Å². The smallest absolute Gasteiger partial charge is 0.261 e. The van der Waals surface area contributed by atoms with E-state index in [2.05, 4.69) is 20.9 Å². The lowest BCUT2D eigenvalue weighted by Gasteiger charge is -2.09. The second-order valence-electron chi connectivity index (χ2n) is 4.67. The molecule has 0 amide bonds. The summed E-state index contributed by atoms with van der Waals surface area (Å²) in [6, 6.07) is 9.71. The molecule has 0 unspecified atom stereocenters. The molecule has 0 saturated heterocycles. The molecule has 0 saturated carbocycles. The molecule has 0 radical (unpaired) electrons. The molecule has 3 aromatic rings. The van der Waals surface area contributed by atoms with E-state index in [1.807, 2.05) is 0 Å². The monoisotopic (exact) mass is 347 g/mol. The Morgan fingerprint density at radius 1 is 1.29 bits per heavy atom. The molecule has 21 heavy (non-hydrogen) atoms. The van der Waals surface area contributed by atoms with Crippen LogP contribution in [0.4, 0.5) is 10.1 Å². The molecule has 0 bridgehead atoms. The van der Waals surface area contributed by atoms with Gasteiger partial charge in [0.2, 0.25) is 0 Å². The highest BCUT2D eigenvalue weighted by Gasteiger charge is 2.09. The van der Waals surface area contributed by atoms with Gasteiger partial charge in [-0.15, -0.1) is 0 Å². The zero-order valence-electron chi connectivity index (χ0n) is 10.9. The summed E-state index contributed by atoms with van der Waals surface area (Å²) < 4.78 is 15.3. The van der Waals surface area contributed by atoms with E-state index in [9.17, 15) is 9.18 Å². The number of rotatable bonds is 2. The number of nitrogens with two attached hydrogens (primary N) is 1. The number of hydrogen-bond acceptors (Lipinski definition) is 3. The number of hydrogen-bond donors (Lipinski definition) is 1. The van der Waals surface area contributed by atoms with Crippen LogP contribution < -0.4 is 11.3 Å². The fourth-order valence-electron chi connectivity index (χ4n) is 2.14. The van der Waals surface area contributed by atoms with Crippen molar-refractivity contribution in [3.05, 3.63) is 68.9 Å². The van der Waals surface area contributed by atoms with Gasteiger partial charge in [0.15, 0.2) is 0 Å². The van der Waals surface area contributed by atoms with Crippen LogP contribution in [0.1, 0.15) is 5.56 Å². The van der Waals surface area contributed by atoms with Gasteiger partial charge in [0.25, 0.3) is 5.56 Å². The van der Waals surface area contributed by atoms with Crippen LogP contribution in [-0.4, -0.2) is 9.55 Å². The minimum Gasteiger partial charge on any atom is -0.399 e. The van der Waals surface area contributed by atoms with Gasteiger partial charge in [-0.25, -0.2) is 9.37 Å². The highest BCUT2D eigenvalue weighted by molar-refractivity contribution is 9.10. The van der Waals surface area contributed by atoms with E-state index in [0.29, 0.717) is 26.6 Å². The summed E-state index contributed by atoms with van der Waals surface area (Å²) in [5, 5.41) is 0.449. The SMILES string of the molecule is Nc1ccc2ncn(Cc3cccc(F)c3Br)c(=O)c2c1. The van der Waals surface area contributed by atoms with Gasteiger partial charge in [0, 0.05) is 5.69 Å². The largest absolute Gasteiger partial charge is 0.399 e. The number of aromatic nitrogens is 2. The van der Waals surface area contributed by atoms with E-state index >= 15 is 0 Å². The minimum atomic E-state index is -0.362. The van der Waals surface area contributed by atoms with Crippen LogP contribution in [0.15, 0.2) is 52.0 Å². The van der Waals surface area contributed by atoms with E-state index in [1.54, 1.807) is 30.3 Å². The highest BCUT2D eigenvalue weighted by Crippen LogP contribution is 2.21. The van der Waals surface area contributed by atoms with Crippen LogP contribution in [-0.2, 0) is 6.54 Å². The molecule has 3 rings (SSSR count). The Hall–Kier alpha value is -2.21. The number of nitrogens with zero attached hydrogens (tertiary/aromatic N) is 2. The Bertz CT molecular complexity index is 892. The van der Waals surface area contributed by atoms with Crippen molar-refractivity contribution < 1.29 is 4.39 Å². The third-order valence-electron chi connectivity index (χ3n) is 3.22. The first-order valence-corrected chi connectivity index (χ1v) is 7.03. The lowest BCUT2D eigenvalue weighted by atomic mass is 10.2. The van der Waals surface area contributed by atoms with Gasteiger partial charge in [-0.05, 0) is 45.8 Å². The summed E-state index contributed by atoms with van der Waals surface area (Å²) in [6.45, 7) is 0.231. The van der Waals surface area contributed by atoms with Crippen molar-refractivity contribution in [1.29, 1.82) is 0 Å². The molecule has 0 aliphatic heterocycles. The zero-order valence-corrected chi connectivity index (χ0v) is 12.5. The van der Waals surface area contributed by atoms with E-state index in [1.165, 1.54) is 17.0 Å². The maximum atomic E-state index is 13.5. The van der Waals surface area contributed by atoms with Crippen LogP contribution >= 0.6 is 15.9 Å². The molecule has 0 fully saturated rings. The third-order valence-corrected chi connectivity index (χ3v) is 4.11. The molecule has 106 valence electrons. The molecule has 0 aliphatic rings. The highest BCUT2D eigenvalue weighted by atomic mass is 79.9. The van der Waals surface area contributed by atoms with Gasteiger partial charge in [0.1, 0.15) is 5.82 Å². The summed E-state index contributed by atoms with van der Waals surface area (Å²) in [4.78, 5) is 16.7. The fraction of sp³-hybridized carbons (Fsp3) is 0.0667. The quantitative estimate of drug-likeness (QED) is 0.725. The second-order valence-corrected chi connectivity index (χ2v) is 5.46. The summed E-state index contributed by atoms with van der Waals surface area (Å²) in [5.74, 6) is -0.362. The van der Waals surface area contributed by atoms with Crippen LogP contribution in [0, 0.1) is 5.82 Å². The number of anilines is 1. The minimum absolute atomic E-state index is 0.205. The first-order chi connectivity index (χ1) is 10.1. The average molecular weight is 348 g/mol. The van der Waals surface area contributed by atoms with E-state index in [-0.39, 0.29) is 17.9 Å². The number of benzene rings is 2. The van der Waals surface area contributed by atoms with Crippen molar-refractivity contribution in [2.24, 2.45) is 0 Å². The Morgan fingerprint density at radius 2 is 2.10 bits per heavy atom. The molecular weight excluding hydrogens is 337 g/mol. The Balaban J connectivity index is 2.11. The molecule has 1 aromatic heterocycles. The summed E-state index contributed by atoms with van der Waals surface area (Å²) in [7, 11) is 0. The van der Waals surface area contributed by atoms with Crippen LogP contribution in [0.3, 0.4) is 0 Å². The van der Waals surface area contributed by atoms with Gasteiger partial charge in [-0.1, -0.05) is 12.1 Å². The van der Waals surface area contributed by atoms with Crippen molar-refractivity contribution in [2.45, 2.75) is 6.54 Å². The molecule has 0 spiro atoms. The predicted octanol–water partition coefficient (Wildman–Crippen LogP) is 2.93. The van der Waals surface area contributed by atoms with Crippen molar-refractivity contribution >= 4 is 32.5 Å². The first kappa shape index (κ1) is 13.8. The second kappa shape index (κ2) is 5.29. The standard InChI is InChI=1S/C15H11BrFN3O/c16-14-9(2-1-3-12(14)17)7-20-8-19-13-5-4-10(18)6-11(13)15(20)21/h1-6,8H,7,18H2. The van der Waals surface area contributed by atoms with E-state index in [4.69, 9.17) is 5.73 Å². The molecule has 2 aromatic carbocycles. The molecule has 6 heteroatoms. The van der Waals surface area contributed by atoms with Crippen molar-refractivity contribution in [2.75, 3.05) is 5.73 Å². The van der Waals surface area contributed by atoms with Crippen molar-refractivity contribution in [1.82, 2.24) is 9.55 Å². The van der Waals surface area contributed by atoms with E-state index < -0.39 is 0 Å². The molecule has 0 atom stereocenters. The normalized spacial score (nSPS) is 11.0. The molecule has 0 aliphatic carbocycles. The lowest BCUT2D eigenvalue weighted by Crippen LogP contribution is -2.21. The average Bonchev–Trinajstić information content (AvgIpc) is 2.47. The van der Waals surface area contributed by atoms with Crippen molar-refractivity contribution in [3.8, 4) is 0 Å². The van der Waals surface area contributed by atoms with E-state index in [0.717, 1.165) is 0 Å². The number of fused-ring (bicyclic) bond motifs is 1. The van der Waals surface area contributed by atoms with Gasteiger partial charge in [-0.3, -0.25) is 9.36 Å².